The Morgan fingerprint density at radius 3 is 2.24 bits per heavy atom. The number of benzene rings is 2. The molecule has 21 heavy (non-hydrogen) atoms. The molecule has 3 heteroatoms. The third-order valence-electron chi connectivity index (χ3n) is 4.12. The molecule has 0 heterocycles. The summed E-state index contributed by atoms with van der Waals surface area (Å²) in [5.74, 6) is -0.100. The van der Waals surface area contributed by atoms with Crippen molar-refractivity contribution in [2.24, 2.45) is 5.73 Å². The van der Waals surface area contributed by atoms with Crippen LogP contribution in [-0.2, 0) is 17.6 Å². The van der Waals surface area contributed by atoms with Crippen LogP contribution in [0, 0.1) is 6.92 Å². The maximum Gasteiger partial charge on any atom is 0.241 e. The largest absolute Gasteiger partial charge is 0.351 e. The van der Waals surface area contributed by atoms with Crippen molar-refractivity contribution < 1.29 is 4.79 Å². The second kappa shape index (κ2) is 5.70. The summed E-state index contributed by atoms with van der Waals surface area (Å²) in [6.45, 7) is 2.02. The number of hydrogen-bond acceptors (Lipinski definition) is 2. The van der Waals surface area contributed by atoms with Gasteiger partial charge in [-0.2, -0.15) is 0 Å². The summed E-state index contributed by atoms with van der Waals surface area (Å²) in [5, 5.41) is 3.07. The van der Waals surface area contributed by atoms with Crippen LogP contribution in [0.3, 0.4) is 0 Å². The van der Waals surface area contributed by atoms with Gasteiger partial charge in [0.1, 0.15) is 6.04 Å². The topological polar surface area (TPSA) is 55.1 Å². The van der Waals surface area contributed by atoms with Crippen molar-refractivity contribution in [2.45, 2.75) is 31.8 Å². The summed E-state index contributed by atoms with van der Waals surface area (Å²) in [6, 6.07) is 15.7. The minimum atomic E-state index is -0.602. The Morgan fingerprint density at radius 2 is 1.67 bits per heavy atom. The number of carbonyl (C=O) groups excluding carboxylic acids is 1. The van der Waals surface area contributed by atoms with E-state index in [-0.39, 0.29) is 11.9 Å². The highest BCUT2D eigenvalue weighted by molar-refractivity contribution is 5.83. The van der Waals surface area contributed by atoms with Gasteiger partial charge in [-0.15, -0.1) is 0 Å². The quantitative estimate of drug-likeness (QED) is 0.906. The number of hydrogen-bond donors (Lipinski definition) is 2. The fourth-order valence-electron chi connectivity index (χ4n) is 2.88. The standard InChI is InChI=1S/C18H20N2O/c1-12-6-8-13(9-7-12)17(19)18(21)20-16-10-14-4-2-3-5-15(14)11-16/h2-9,16-17H,10-11,19H2,1H3,(H,20,21). The van der Waals surface area contributed by atoms with Gasteiger partial charge in [-0.25, -0.2) is 0 Å². The van der Waals surface area contributed by atoms with E-state index < -0.39 is 6.04 Å². The number of rotatable bonds is 3. The molecule has 3 N–H and O–H groups in total. The maximum absolute atomic E-state index is 12.3. The summed E-state index contributed by atoms with van der Waals surface area (Å²) in [6.07, 6.45) is 1.78. The number of nitrogens with two attached hydrogens (primary N) is 1. The molecule has 1 atom stereocenters. The zero-order valence-electron chi connectivity index (χ0n) is 12.2. The predicted octanol–water partition coefficient (Wildman–Crippen LogP) is 2.28. The predicted molar refractivity (Wildman–Crippen MR) is 83.9 cm³/mol. The van der Waals surface area contributed by atoms with Gasteiger partial charge in [0.25, 0.3) is 0 Å². The van der Waals surface area contributed by atoms with E-state index in [9.17, 15) is 4.79 Å². The van der Waals surface area contributed by atoms with E-state index in [1.165, 1.54) is 11.1 Å². The summed E-state index contributed by atoms with van der Waals surface area (Å²) in [5.41, 5.74) is 10.7. The van der Waals surface area contributed by atoms with Gasteiger partial charge in [0.05, 0.1) is 0 Å². The third kappa shape index (κ3) is 2.98. The number of aryl methyl sites for hydroxylation is 1. The lowest BCUT2D eigenvalue weighted by atomic mass is 10.0. The minimum Gasteiger partial charge on any atom is -0.351 e. The lowest BCUT2D eigenvalue weighted by molar-refractivity contribution is -0.123. The molecule has 0 saturated heterocycles. The Kier molecular flexibility index (Phi) is 3.76. The van der Waals surface area contributed by atoms with E-state index in [1.807, 2.05) is 43.3 Å². The molecule has 3 rings (SSSR count). The van der Waals surface area contributed by atoms with Crippen LogP contribution in [0.25, 0.3) is 0 Å². The molecule has 1 aliphatic carbocycles. The first-order valence-corrected chi connectivity index (χ1v) is 7.33. The van der Waals surface area contributed by atoms with Gasteiger partial charge in [0.15, 0.2) is 0 Å². The fourth-order valence-corrected chi connectivity index (χ4v) is 2.88. The summed E-state index contributed by atoms with van der Waals surface area (Å²) in [4.78, 5) is 12.3. The molecule has 0 spiro atoms. The first-order valence-electron chi connectivity index (χ1n) is 7.33. The van der Waals surface area contributed by atoms with Crippen LogP contribution in [0.15, 0.2) is 48.5 Å². The van der Waals surface area contributed by atoms with Crippen LogP contribution in [0.5, 0.6) is 0 Å². The van der Waals surface area contributed by atoms with E-state index in [2.05, 4.69) is 17.4 Å². The van der Waals surface area contributed by atoms with E-state index in [0.717, 1.165) is 24.0 Å². The summed E-state index contributed by atoms with van der Waals surface area (Å²) in [7, 11) is 0. The highest BCUT2D eigenvalue weighted by Gasteiger charge is 2.25. The van der Waals surface area contributed by atoms with Gasteiger partial charge < -0.3 is 11.1 Å². The van der Waals surface area contributed by atoms with Crippen LogP contribution in [0.4, 0.5) is 0 Å². The average molecular weight is 280 g/mol. The highest BCUT2D eigenvalue weighted by atomic mass is 16.2. The molecular weight excluding hydrogens is 260 g/mol. The van der Waals surface area contributed by atoms with E-state index in [0.29, 0.717) is 0 Å². The molecule has 2 aromatic rings. The van der Waals surface area contributed by atoms with Gasteiger partial charge in [-0.05, 0) is 36.5 Å². The van der Waals surface area contributed by atoms with Crippen molar-refractivity contribution in [3.8, 4) is 0 Å². The Morgan fingerprint density at radius 1 is 1.10 bits per heavy atom. The smallest absolute Gasteiger partial charge is 0.241 e. The average Bonchev–Trinajstić information content (AvgIpc) is 2.89. The van der Waals surface area contributed by atoms with Crippen molar-refractivity contribution in [1.82, 2.24) is 5.32 Å². The second-order valence-corrected chi connectivity index (χ2v) is 5.77. The van der Waals surface area contributed by atoms with Gasteiger partial charge in [-0.1, -0.05) is 54.1 Å². The molecule has 0 aliphatic heterocycles. The Labute approximate surface area is 125 Å². The zero-order valence-corrected chi connectivity index (χ0v) is 12.2. The minimum absolute atomic E-state index is 0.100. The number of amides is 1. The van der Waals surface area contributed by atoms with Gasteiger partial charge in [0, 0.05) is 6.04 Å². The monoisotopic (exact) mass is 280 g/mol. The molecule has 108 valence electrons. The number of carbonyl (C=O) groups is 1. The van der Waals surface area contributed by atoms with Gasteiger partial charge >= 0.3 is 0 Å². The lowest BCUT2D eigenvalue weighted by Crippen LogP contribution is -2.41. The van der Waals surface area contributed by atoms with Crippen molar-refractivity contribution >= 4 is 5.91 Å². The Hall–Kier alpha value is -2.13. The molecule has 0 aromatic heterocycles. The molecule has 2 aromatic carbocycles. The molecule has 1 amide bonds. The normalized spacial score (nSPS) is 15.5. The van der Waals surface area contributed by atoms with Crippen LogP contribution in [0.1, 0.15) is 28.3 Å². The fraction of sp³-hybridized carbons (Fsp3) is 0.278. The second-order valence-electron chi connectivity index (χ2n) is 5.77. The van der Waals surface area contributed by atoms with Gasteiger partial charge in [-0.3, -0.25) is 4.79 Å². The first kappa shape index (κ1) is 13.8. The van der Waals surface area contributed by atoms with Crippen LogP contribution < -0.4 is 11.1 Å². The molecular formula is C18H20N2O. The van der Waals surface area contributed by atoms with Crippen molar-refractivity contribution in [3.05, 3.63) is 70.8 Å². The molecule has 0 fully saturated rings. The summed E-state index contributed by atoms with van der Waals surface area (Å²) < 4.78 is 0. The zero-order chi connectivity index (χ0) is 14.8. The van der Waals surface area contributed by atoms with Crippen LogP contribution in [-0.4, -0.2) is 11.9 Å². The number of fused-ring (bicyclic) bond motifs is 1. The van der Waals surface area contributed by atoms with Gasteiger partial charge in [0.2, 0.25) is 5.91 Å². The molecule has 1 aliphatic rings. The lowest BCUT2D eigenvalue weighted by Gasteiger charge is -2.17. The van der Waals surface area contributed by atoms with Crippen molar-refractivity contribution in [3.63, 3.8) is 0 Å². The molecule has 1 unspecified atom stereocenters. The molecule has 0 bridgehead atoms. The Balaban J connectivity index is 1.64. The summed E-state index contributed by atoms with van der Waals surface area (Å²) >= 11 is 0. The highest BCUT2D eigenvalue weighted by Crippen LogP contribution is 2.22. The first-order chi connectivity index (χ1) is 10.1. The van der Waals surface area contributed by atoms with Crippen molar-refractivity contribution in [2.75, 3.05) is 0 Å². The maximum atomic E-state index is 12.3. The molecule has 3 nitrogen and oxygen atoms in total. The van der Waals surface area contributed by atoms with E-state index >= 15 is 0 Å². The third-order valence-corrected chi connectivity index (χ3v) is 4.12. The van der Waals surface area contributed by atoms with Crippen LogP contribution >= 0.6 is 0 Å². The van der Waals surface area contributed by atoms with Crippen LogP contribution in [0.2, 0.25) is 0 Å². The Bertz CT molecular complexity index is 624. The van der Waals surface area contributed by atoms with E-state index in [1.54, 1.807) is 0 Å². The molecule has 0 saturated carbocycles. The number of nitrogens with one attached hydrogen (secondary N) is 1. The van der Waals surface area contributed by atoms with Crippen molar-refractivity contribution in [1.29, 1.82) is 0 Å². The SMILES string of the molecule is Cc1ccc(C(N)C(=O)NC2Cc3ccccc3C2)cc1. The molecule has 0 radical (unpaired) electrons. The van der Waals surface area contributed by atoms with E-state index in [4.69, 9.17) is 5.73 Å².